The molecule has 2 atom stereocenters. The van der Waals surface area contributed by atoms with E-state index in [1.54, 1.807) is 36.4 Å². The Morgan fingerprint density at radius 3 is 2.52 bits per heavy atom. The van der Waals surface area contributed by atoms with Crippen molar-refractivity contribution in [3.8, 4) is 11.8 Å². The average molecular weight is 822 g/mol. The molecule has 3 heterocycles. The summed E-state index contributed by atoms with van der Waals surface area (Å²) in [6.45, 7) is 11.6. The third kappa shape index (κ3) is 9.25. The lowest BCUT2D eigenvalue weighted by atomic mass is 10.0. The molecule has 0 radical (unpaired) electrons. The van der Waals surface area contributed by atoms with Crippen LogP contribution in [0.4, 0.5) is 22.7 Å². The molecule has 56 heavy (non-hydrogen) atoms. The fraction of sp³-hybridized carbons (Fsp3) is 0.400. The first-order valence-corrected chi connectivity index (χ1v) is 19.2. The zero-order valence-corrected chi connectivity index (χ0v) is 34.2. The number of imide groups is 1. The molecule has 0 spiro atoms. The first kappa shape index (κ1) is 42.4. The maximum absolute atomic E-state index is 13.7. The number of ether oxygens (including phenoxy) is 1. The molecule has 1 unspecified atom stereocenters. The second-order valence-corrected chi connectivity index (χ2v) is 15.3. The van der Waals surface area contributed by atoms with E-state index in [1.165, 1.54) is 4.90 Å². The molecule has 4 amide bonds. The largest absolute Gasteiger partial charge is 0.492 e. The molecular weight excluding hydrogens is 775 g/mol. The summed E-state index contributed by atoms with van der Waals surface area (Å²) in [4.78, 5) is 58.1. The number of hydrogen-bond acceptors (Lipinski definition) is 10. The zero-order valence-electron chi connectivity index (χ0n) is 31.8. The Kier molecular flexibility index (Phi) is 13.6. The summed E-state index contributed by atoms with van der Waals surface area (Å²) in [6.07, 6.45) is 1.41. The van der Waals surface area contributed by atoms with Gasteiger partial charge in [-0.05, 0) is 106 Å². The number of thiocarbonyl (C=S) groups is 1. The minimum atomic E-state index is -0.966. The Morgan fingerprint density at radius 2 is 1.82 bits per heavy atom. The fourth-order valence-electron chi connectivity index (χ4n) is 7.21. The smallest absolute Gasteiger partial charge is 0.259 e. The summed E-state index contributed by atoms with van der Waals surface area (Å²) in [6, 6.07) is 19.6. The predicted octanol–water partition coefficient (Wildman–Crippen LogP) is 5.35. The minimum absolute atomic E-state index is 0. The molecule has 0 saturated carbocycles. The topological polar surface area (TPSA) is 150 Å². The van der Waals surface area contributed by atoms with Crippen LogP contribution in [0.15, 0.2) is 60.7 Å². The van der Waals surface area contributed by atoms with Gasteiger partial charge < -0.3 is 20.3 Å². The van der Waals surface area contributed by atoms with E-state index in [1.807, 2.05) is 49.1 Å². The van der Waals surface area contributed by atoms with E-state index in [9.17, 15) is 24.4 Å². The standard InChI is InChI=1S/C40H45ClN8O5S.ClH/c1-5-26-19-31(49-39(55)48(38(53)40(49,3)4)30-10-9-27(22-42)32(41)21-30)11-13-34(26)54-18-17-46-15-16-47(25(2)23-46)24-36(51)44-29-8-6-7-28(20-29)43-33-12-14-35(50)45-37(33)52;/h6-11,13,19-21,25,33,43H,5,12,14-18,23-24H2,1-4H3,(H,44,51)(H,45,50,52);1H/t25-,33?;/m1./s1. The number of carbonyl (C=O) groups excluding carboxylic acids is 4. The van der Waals surface area contributed by atoms with Gasteiger partial charge in [0.15, 0.2) is 5.11 Å². The van der Waals surface area contributed by atoms with Crippen LogP contribution in [-0.2, 0) is 25.6 Å². The lowest BCUT2D eigenvalue weighted by molar-refractivity contribution is -0.133. The number of benzene rings is 3. The predicted molar refractivity (Wildman–Crippen MR) is 224 cm³/mol. The number of rotatable bonds is 12. The van der Waals surface area contributed by atoms with Crippen molar-refractivity contribution in [2.75, 3.05) is 59.8 Å². The van der Waals surface area contributed by atoms with Crippen LogP contribution < -0.4 is 30.5 Å². The summed E-state index contributed by atoms with van der Waals surface area (Å²) in [7, 11) is 0. The van der Waals surface area contributed by atoms with Gasteiger partial charge in [-0.2, -0.15) is 5.26 Å². The Labute approximate surface area is 343 Å². The number of nitrogens with one attached hydrogen (secondary N) is 3. The van der Waals surface area contributed by atoms with Crippen molar-refractivity contribution in [2.24, 2.45) is 0 Å². The Balaban J connectivity index is 0.00000600. The summed E-state index contributed by atoms with van der Waals surface area (Å²) in [5.41, 5.74) is 2.95. The number of aryl methyl sites for hydroxylation is 1. The second kappa shape index (κ2) is 18.0. The molecule has 3 aliphatic rings. The van der Waals surface area contributed by atoms with Crippen LogP contribution in [0.25, 0.3) is 0 Å². The van der Waals surface area contributed by atoms with Gasteiger partial charge >= 0.3 is 0 Å². The van der Waals surface area contributed by atoms with Crippen molar-refractivity contribution in [1.82, 2.24) is 15.1 Å². The number of hydrogen-bond donors (Lipinski definition) is 3. The zero-order chi connectivity index (χ0) is 39.4. The number of piperidine rings is 1. The number of amides is 4. The van der Waals surface area contributed by atoms with Gasteiger partial charge in [-0.25, -0.2) is 0 Å². The molecule has 13 nitrogen and oxygen atoms in total. The number of anilines is 4. The van der Waals surface area contributed by atoms with E-state index < -0.39 is 11.6 Å². The van der Waals surface area contributed by atoms with E-state index in [0.29, 0.717) is 47.2 Å². The monoisotopic (exact) mass is 820 g/mol. The second-order valence-electron chi connectivity index (χ2n) is 14.5. The van der Waals surface area contributed by atoms with Crippen molar-refractivity contribution in [3.63, 3.8) is 0 Å². The van der Waals surface area contributed by atoms with Crippen LogP contribution >= 0.6 is 36.2 Å². The molecule has 3 aromatic carbocycles. The average Bonchev–Trinajstić information content (AvgIpc) is 3.32. The quantitative estimate of drug-likeness (QED) is 0.160. The minimum Gasteiger partial charge on any atom is -0.492 e. The molecule has 3 aromatic rings. The summed E-state index contributed by atoms with van der Waals surface area (Å²) in [5, 5.41) is 18.3. The van der Waals surface area contributed by atoms with Crippen molar-refractivity contribution in [3.05, 3.63) is 76.8 Å². The van der Waals surface area contributed by atoms with Gasteiger partial charge in [0.1, 0.15) is 30.0 Å². The van der Waals surface area contributed by atoms with Crippen LogP contribution in [0.1, 0.15) is 51.7 Å². The van der Waals surface area contributed by atoms with E-state index in [4.69, 9.17) is 28.6 Å². The highest BCUT2D eigenvalue weighted by Gasteiger charge is 2.50. The van der Waals surface area contributed by atoms with Gasteiger partial charge in [0.05, 0.1) is 22.8 Å². The van der Waals surface area contributed by atoms with Gasteiger partial charge in [0.25, 0.3) is 5.91 Å². The molecular formula is C40H46Cl2N8O5S. The van der Waals surface area contributed by atoms with Crippen LogP contribution in [0.3, 0.4) is 0 Å². The van der Waals surface area contributed by atoms with Gasteiger partial charge in [-0.15, -0.1) is 12.4 Å². The van der Waals surface area contributed by atoms with Crippen molar-refractivity contribution in [2.45, 2.75) is 64.6 Å². The van der Waals surface area contributed by atoms with E-state index in [-0.39, 0.29) is 60.1 Å². The lowest BCUT2D eigenvalue weighted by Gasteiger charge is -2.39. The van der Waals surface area contributed by atoms with Crippen LogP contribution in [-0.4, -0.2) is 95.5 Å². The van der Waals surface area contributed by atoms with E-state index in [0.717, 1.165) is 43.2 Å². The van der Waals surface area contributed by atoms with Gasteiger partial charge in [-0.3, -0.25) is 39.2 Å². The first-order chi connectivity index (χ1) is 26.3. The van der Waals surface area contributed by atoms with Gasteiger partial charge in [0, 0.05) is 55.7 Å². The maximum atomic E-state index is 13.7. The Bertz CT molecular complexity index is 2060. The normalized spacial score (nSPS) is 19.9. The number of halogens is 2. The van der Waals surface area contributed by atoms with Crippen molar-refractivity contribution >= 4 is 87.7 Å². The number of nitrogens with zero attached hydrogens (tertiary/aromatic N) is 5. The molecule has 6 rings (SSSR count). The van der Waals surface area contributed by atoms with Crippen molar-refractivity contribution in [1.29, 1.82) is 5.26 Å². The molecule has 0 aliphatic carbocycles. The first-order valence-electron chi connectivity index (χ1n) is 18.4. The number of piperazine rings is 1. The van der Waals surface area contributed by atoms with Crippen molar-refractivity contribution < 1.29 is 23.9 Å². The third-order valence-corrected chi connectivity index (χ3v) is 10.9. The highest BCUT2D eigenvalue weighted by molar-refractivity contribution is 7.81. The number of nitriles is 1. The Morgan fingerprint density at radius 1 is 1.07 bits per heavy atom. The summed E-state index contributed by atoms with van der Waals surface area (Å²) in [5.74, 6) is -0.156. The molecule has 16 heteroatoms. The van der Waals surface area contributed by atoms with Gasteiger partial charge in [0.2, 0.25) is 17.7 Å². The molecule has 3 fully saturated rings. The van der Waals surface area contributed by atoms with Crippen LogP contribution in [0.2, 0.25) is 5.02 Å². The SMILES string of the molecule is CCc1cc(N2C(=S)N(c3ccc(C#N)c(Cl)c3)C(=O)C2(C)C)ccc1OCCN1CCN(CC(=O)Nc2cccc(NC3CCC(=O)NC3=O)c2)[C@H](C)C1.Cl. The summed E-state index contributed by atoms with van der Waals surface area (Å²) >= 11 is 12.2. The molecule has 296 valence electrons. The highest BCUT2D eigenvalue weighted by atomic mass is 35.5. The van der Waals surface area contributed by atoms with E-state index in [2.05, 4.69) is 39.6 Å². The molecule has 3 N–H and O–H groups in total. The molecule has 0 aromatic heterocycles. The van der Waals surface area contributed by atoms with Crippen LogP contribution in [0, 0.1) is 11.3 Å². The highest BCUT2D eigenvalue weighted by Crippen LogP contribution is 2.39. The fourth-order valence-corrected chi connectivity index (χ4v) is 7.95. The molecule has 0 bridgehead atoms. The number of carbonyl (C=O) groups is 4. The van der Waals surface area contributed by atoms with Gasteiger partial charge in [-0.1, -0.05) is 24.6 Å². The van der Waals surface area contributed by atoms with Crippen LogP contribution in [0.5, 0.6) is 5.75 Å². The molecule has 3 saturated heterocycles. The maximum Gasteiger partial charge on any atom is 0.259 e. The van der Waals surface area contributed by atoms with E-state index >= 15 is 0 Å². The third-order valence-electron chi connectivity index (χ3n) is 10.3. The molecule has 3 aliphatic heterocycles. The lowest BCUT2D eigenvalue weighted by Crippen LogP contribution is -2.54. The Hall–Kier alpha value is -4.78. The summed E-state index contributed by atoms with van der Waals surface area (Å²) < 4.78 is 6.30.